The highest BCUT2D eigenvalue weighted by Gasteiger charge is 2.33. The molecule has 1 aromatic carbocycles. The number of pyridine rings is 1. The van der Waals surface area contributed by atoms with E-state index in [-0.39, 0.29) is 23.6 Å². The number of rotatable bonds is 2. The molecule has 2 aromatic rings. The predicted octanol–water partition coefficient (Wildman–Crippen LogP) is 2.84. The van der Waals surface area contributed by atoms with Crippen LogP contribution >= 0.6 is 0 Å². The molecule has 0 saturated heterocycles. The summed E-state index contributed by atoms with van der Waals surface area (Å²) in [5.74, 6) is -0.00565. The standard InChI is InChI=1S/C13H11F3N2O/c14-13(15,16)11-4-2-1-3-9(11)10-5-8(7-19)6-18-12(10)17/h1-6,19H,7H2,(H2,17,18). The Morgan fingerprint density at radius 3 is 2.47 bits per heavy atom. The molecule has 6 heteroatoms. The van der Waals surface area contributed by atoms with Crippen LogP contribution in [0.1, 0.15) is 11.1 Å². The zero-order valence-electron chi connectivity index (χ0n) is 9.78. The van der Waals surface area contributed by atoms with Crippen LogP contribution < -0.4 is 5.73 Å². The Labute approximate surface area is 107 Å². The molecule has 0 fully saturated rings. The van der Waals surface area contributed by atoms with Gasteiger partial charge in [-0.15, -0.1) is 0 Å². The van der Waals surface area contributed by atoms with Crippen molar-refractivity contribution in [3.8, 4) is 11.1 Å². The van der Waals surface area contributed by atoms with Gasteiger partial charge >= 0.3 is 6.18 Å². The maximum absolute atomic E-state index is 12.9. The predicted molar refractivity (Wildman–Crippen MR) is 65.0 cm³/mol. The van der Waals surface area contributed by atoms with Crippen molar-refractivity contribution in [2.24, 2.45) is 0 Å². The van der Waals surface area contributed by atoms with Crippen molar-refractivity contribution in [1.29, 1.82) is 0 Å². The Morgan fingerprint density at radius 1 is 1.16 bits per heavy atom. The normalized spacial score (nSPS) is 11.6. The van der Waals surface area contributed by atoms with Gasteiger partial charge in [-0.05, 0) is 23.3 Å². The Bertz CT molecular complexity index is 597. The number of nitrogens with two attached hydrogens (primary N) is 1. The minimum Gasteiger partial charge on any atom is -0.392 e. The first-order chi connectivity index (χ1) is 8.93. The zero-order valence-corrected chi connectivity index (χ0v) is 9.78. The van der Waals surface area contributed by atoms with E-state index in [4.69, 9.17) is 10.8 Å². The molecule has 3 nitrogen and oxygen atoms in total. The number of alkyl halides is 3. The molecule has 1 aromatic heterocycles. The summed E-state index contributed by atoms with van der Waals surface area (Å²) in [5, 5.41) is 9.03. The number of halogens is 3. The molecule has 0 radical (unpaired) electrons. The van der Waals surface area contributed by atoms with Crippen LogP contribution in [0.15, 0.2) is 36.5 Å². The molecular weight excluding hydrogens is 257 g/mol. The fourth-order valence-corrected chi connectivity index (χ4v) is 1.79. The largest absolute Gasteiger partial charge is 0.417 e. The summed E-state index contributed by atoms with van der Waals surface area (Å²) >= 11 is 0. The van der Waals surface area contributed by atoms with Crippen LogP contribution in [0.5, 0.6) is 0 Å². The van der Waals surface area contributed by atoms with E-state index in [1.165, 1.54) is 30.5 Å². The number of benzene rings is 1. The molecule has 0 aliphatic rings. The van der Waals surface area contributed by atoms with Crippen molar-refractivity contribution in [3.63, 3.8) is 0 Å². The third-order valence-electron chi connectivity index (χ3n) is 2.68. The minimum absolute atomic E-state index is 0.00565. The second kappa shape index (κ2) is 4.89. The fraction of sp³-hybridized carbons (Fsp3) is 0.154. The lowest BCUT2D eigenvalue weighted by atomic mass is 9.99. The van der Waals surface area contributed by atoms with Crippen LogP contribution in [0.4, 0.5) is 19.0 Å². The summed E-state index contributed by atoms with van der Waals surface area (Å²) in [7, 11) is 0. The van der Waals surface area contributed by atoms with Gasteiger partial charge in [-0.3, -0.25) is 0 Å². The first kappa shape index (κ1) is 13.4. The molecule has 3 N–H and O–H groups in total. The van der Waals surface area contributed by atoms with E-state index in [0.29, 0.717) is 5.56 Å². The highest BCUT2D eigenvalue weighted by Crippen LogP contribution is 2.38. The van der Waals surface area contributed by atoms with Crippen LogP contribution in [-0.4, -0.2) is 10.1 Å². The van der Waals surface area contributed by atoms with Crippen molar-refractivity contribution >= 4 is 5.82 Å². The monoisotopic (exact) mass is 268 g/mol. The number of nitrogens with zero attached hydrogens (tertiary/aromatic N) is 1. The quantitative estimate of drug-likeness (QED) is 0.880. The van der Waals surface area contributed by atoms with Gasteiger partial charge < -0.3 is 10.8 Å². The summed E-state index contributed by atoms with van der Waals surface area (Å²) in [4.78, 5) is 3.80. The first-order valence-corrected chi connectivity index (χ1v) is 5.45. The molecule has 0 aliphatic carbocycles. The Kier molecular flexibility index (Phi) is 3.44. The van der Waals surface area contributed by atoms with Crippen molar-refractivity contribution in [2.75, 3.05) is 5.73 Å². The van der Waals surface area contributed by atoms with Crippen LogP contribution in [0.2, 0.25) is 0 Å². The van der Waals surface area contributed by atoms with Crippen molar-refractivity contribution in [1.82, 2.24) is 4.98 Å². The van der Waals surface area contributed by atoms with Crippen molar-refractivity contribution < 1.29 is 18.3 Å². The summed E-state index contributed by atoms with van der Waals surface area (Å²) in [6.45, 7) is -0.311. The average Bonchev–Trinajstić information content (AvgIpc) is 2.38. The molecule has 0 saturated carbocycles. The molecule has 0 aliphatic heterocycles. The molecule has 0 bridgehead atoms. The average molecular weight is 268 g/mol. The van der Waals surface area contributed by atoms with Crippen LogP contribution in [0.3, 0.4) is 0 Å². The summed E-state index contributed by atoms with van der Waals surface area (Å²) < 4.78 is 38.8. The van der Waals surface area contributed by atoms with E-state index < -0.39 is 11.7 Å². The van der Waals surface area contributed by atoms with Gasteiger partial charge in [0, 0.05) is 11.8 Å². The number of nitrogen functional groups attached to an aromatic ring is 1. The van der Waals surface area contributed by atoms with Crippen LogP contribution in [0, 0.1) is 0 Å². The van der Waals surface area contributed by atoms with E-state index in [2.05, 4.69) is 4.98 Å². The molecule has 1 heterocycles. The highest BCUT2D eigenvalue weighted by molar-refractivity contribution is 5.77. The molecule has 19 heavy (non-hydrogen) atoms. The van der Waals surface area contributed by atoms with Crippen molar-refractivity contribution in [2.45, 2.75) is 12.8 Å². The van der Waals surface area contributed by atoms with E-state index in [1.807, 2.05) is 0 Å². The minimum atomic E-state index is -4.47. The summed E-state index contributed by atoms with van der Waals surface area (Å²) in [6, 6.07) is 6.53. The van der Waals surface area contributed by atoms with E-state index in [9.17, 15) is 13.2 Å². The second-order valence-corrected chi connectivity index (χ2v) is 3.98. The van der Waals surface area contributed by atoms with Gasteiger partial charge in [0.05, 0.1) is 12.2 Å². The van der Waals surface area contributed by atoms with Gasteiger partial charge in [-0.2, -0.15) is 13.2 Å². The van der Waals surface area contributed by atoms with E-state index in [1.54, 1.807) is 0 Å². The van der Waals surface area contributed by atoms with E-state index in [0.717, 1.165) is 6.07 Å². The Morgan fingerprint density at radius 2 is 1.84 bits per heavy atom. The number of hydrogen-bond donors (Lipinski definition) is 2. The molecule has 0 spiro atoms. The number of hydrogen-bond acceptors (Lipinski definition) is 3. The van der Waals surface area contributed by atoms with Gasteiger partial charge in [-0.1, -0.05) is 18.2 Å². The Balaban J connectivity index is 2.65. The third kappa shape index (κ3) is 2.68. The SMILES string of the molecule is Nc1ncc(CO)cc1-c1ccccc1C(F)(F)F. The molecule has 0 atom stereocenters. The van der Waals surface area contributed by atoms with Gasteiger partial charge in [0.2, 0.25) is 0 Å². The van der Waals surface area contributed by atoms with Gasteiger partial charge in [0.1, 0.15) is 5.82 Å². The number of anilines is 1. The smallest absolute Gasteiger partial charge is 0.392 e. The Hall–Kier alpha value is -2.08. The highest BCUT2D eigenvalue weighted by atomic mass is 19.4. The fourth-order valence-electron chi connectivity index (χ4n) is 1.79. The lowest BCUT2D eigenvalue weighted by Crippen LogP contribution is -2.08. The topological polar surface area (TPSA) is 59.1 Å². The zero-order chi connectivity index (χ0) is 14.0. The van der Waals surface area contributed by atoms with Crippen LogP contribution in [0.25, 0.3) is 11.1 Å². The molecule has 2 rings (SSSR count). The summed E-state index contributed by atoms with van der Waals surface area (Å²) in [6.07, 6.45) is -3.15. The number of aliphatic hydroxyl groups is 1. The lowest BCUT2D eigenvalue weighted by molar-refractivity contribution is -0.137. The molecule has 0 amide bonds. The van der Waals surface area contributed by atoms with Crippen molar-refractivity contribution in [3.05, 3.63) is 47.7 Å². The molecule has 100 valence electrons. The van der Waals surface area contributed by atoms with E-state index >= 15 is 0 Å². The lowest BCUT2D eigenvalue weighted by Gasteiger charge is -2.14. The van der Waals surface area contributed by atoms with Crippen LogP contribution in [-0.2, 0) is 12.8 Å². The molecular formula is C13H11F3N2O. The maximum atomic E-state index is 12.9. The van der Waals surface area contributed by atoms with Gasteiger partial charge in [0.25, 0.3) is 0 Å². The summed E-state index contributed by atoms with van der Waals surface area (Å²) in [5.41, 5.74) is 5.37. The van der Waals surface area contributed by atoms with Gasteiger partial charge in [0.15, 0.2) is 0 Å². The third-order valence-corrected chi connectivity index (χ3v) is 2.68. The number of aliphatic hydroxyl groups excluding tert-OH is 1. The number of aromatic nitrogens is 1. The second-order valence-electron chi connectivity index (χ2n) is 3.98. The maximum Gasteiger partial charge on any atom is 0.417 e. The van der Waals surface area contributed by atoms with Gasteiger partial charge in [-0.25, -0.2) is 4.98 Å². The first-order valence-electron chi connectivity index (χ1n) is 5.45. The molecule has 0 unspecified atom stereocenters.